The first kappa shape index (κ1) is 11.9. The summed E-state index contributed by atoms with van der Waals surface area (Å²) in [4.78, 5) is 0. The van der Waals surface area contributed by atoms with Crippen molar-refractivity contribution in [2.24, 2.45) is 0 Å². The first-order valence-corrected chi connectivity index (χ1v) is 6.05. The molecule has 0 heterocycles. The van der Waals surface area contributed by atoms with Crippen LogP contribution in [-0.2, 0) is 0 Å². The van der Waals surface area contributed by atoms with Crippen molar-refractivity contribution in [3.8, 4) is 11.1 Å². The van der Waals surface area contributed by atoms with Crippen molar-refractivity contribution in [1.82, 2.24) is 5.32 Å². The maximum atomic E-state index is 3.25. The molecule has 88 valence electrons. The highest BCUT2D eigenvalue weighted by molar-refractivity contribution is 5.64. The Morgan fingerprint density at radius 3 is 1.76 bits per heavy atom. The molecule has 2 rings (SSSR count). The SMILES string of the molecule is CNC(C)c1ccc(-c2ccc(C)cc2)cc1. The third-order valence-corrected chi connectivity index (χ3v) is 3.23. The maximum absolute atomic E-state index is 3.25. The molecular formula is C16H19N. The number of hydrogen-bond donors (Lipinski definition) is 1. The van der Waals surface area contributed by atoms with Crippen molar-refractivity contribution in [2.75, 3.05) is 7.05 Å². The minimum Gasteiger partial charge on any atom is -0.313 e. The van der Waals surface area contributed by atoms with Crippen LogP contribution in [-0.4, -0.2) is 7.05 Å². The average Bonchev–Trinajstić information content (AvgIpc) is 2.39. The highest BCUT2D eigenvalue weighted by Gasteiger charge is 2.02. The van der Waals surface area contributed by atoms with E-state index in [9.17, 15) is 0 Å². The molecule has 0 aliphatic carbocycles. The molecule has 0 fully saturated rings. The Kier molecular flexibility index (Phi) is 3.60. The highest BCUT2D eigenvalue weighted by Crippen LogP contribution is 2.22. The second-order valence-corrected chi connectivity index (χ2v) is 4.50. The fourth-order valence-corrected chi connectivity index (χ4v) is 1.88. The quantitative estimate of drug-likeness (QED) is 0.834. The molecule has 0 saturated carbocycles. The summed E-state index contributed by atoms with van der Waals surface area (Å²) >= 11 is 0. The van der Waals surface area contributed by atoms with Crippen LogP contribution in [0, 0.1) is 6.92 Å². The second kappa shape index (κ2) is 5.15. The van der Waals surface area contributed by atoms with Gasteiger partial charge in [0.15, 0.2) is 0 Å². The number of benzene rings is 2. The molecule has 0 saturated heterocycles. The van der Waals surface area contributed by atoms with Gasteiger partial charge in [-0.3, -0.25) is 0 Å². The Labute approximate surface area is 103 Å². The largest absolute Gasteiger partial charge is 0.313 e. The molecule has 0 bridgehead atoms. The van der Waals surface area contributed by atoms with Gasteiger partial charge < -0.3 is 5.32 Å². The average molecular weight is 225 g/mol. The predicted octanol–water partition coefficient (Wildman–Crippen LogP) is 3.94. The first-order valence-electron chi connectivity index (χ1n) is 6.05. The van der Waals surface area contributed by atoms with Gasteiger partial charge in [-0.2, -0.15) is 0 Å². The molecule has 2 aromatic carbocycles. The van der Waals surface area contributed by atoms with E-state index >= 15 is 0 Å². The van der Waals surface area contributed by atoms with Gasteiger partial charge in [0.1, 0.15) is 0 Å². The van der Waals surface area contributed by atoms with Crippen molar-refractivity contribution >= 4 is 0 Å². The van der Waals surface area contributed by atoms with Gasteiger partial charge in [0.2, 0.25) is 0 Å². The van der Waals surface area contributed by atoms with E-state index in [1.807, 2.05) is 7.05 Å². The molecule has 1 N–H and O–H groups in total. The van der Waals surface area contributed by atoms with Gasteiger partial charge in [-0.25, -0.2) is 0 Å². The topological polar surface area (TPSA) is 12.0 Å². The molecule has 0 spiro atoms. The summed E-state index contributed by atoms with van der Waals surface area (Å²) in [5.74, 6) is 0. The summed E-state index contributed by atoms with van der Waals surface area (Å²) in [6, 6.07) is 17.8. The van der Waals surface area contributed by atoms with Crippen LogP contribution in [0.1, 0.15) is 24.1 Å². The molecule has 1 nitrogen and oxygen atoms in total. The van der Waals surface area contributed by atoms with Gasteiger partial charge in [-0.15, -0.1) is 0 Å². The van der Waals surface area contributed by atoms with E-state index in [4.69, 9.17) is 0 Å². The second-order valence-electron chi connectivity index (χ2n) is 4.50. The highest BCUT2D eigenvalue weighted by atomic mass is 14.8. The van der Waals surface area contributed by atoms with Crippen LogP contribution < -0.4 is 5.32 Å². The molecule has 1 heteroatoms. The van der Waals surface area contributed by atoms with Crippen LogP contribution in [0.25, 0.3) is 11.1 Å². The van der Waals surface area contributed by atoms with E-state index < -0.39 is 0 Å². The van der Waals surface area contributed by atoms with E-state index in [0.29, 0.717) is 6.04 Å². The zero-order chi connectivity index (χ0) is 12.3. The minimum absolute atomic E-state index is 0.405. The Morgan fingerprint density at radius 2 is 1.29 bits per heavy atom. The van der Waals surface area contributed by atoms with Crippen LogP contribution >= 0.6 is 0 Å². The molecule has 1 atom stereocenters. The Hall–Kier alpha value is -1.60. The number of rotatable bonds is 3. The van der Waals surface area contributed by atoms with Crippen molar-refractivity contribution in [3.05, 3.63) is 59.7 Å². The first-order chi connectivity index (χ1) is 8.20. The summed E-state index contributed by atoms with van der Waals surface area (Å²) in [7, 11) is 1.98. The van der Waals surface area contributed by atoms with Crippen molar-refractivity contribution in [1.29, 1.82) is 0 Å². The minimum atomic E-state index is 0.405. The lowest BCUT2D eigenvalue weighted by Gasteiger charge is -2.11. The summed E-state index contributed by atoms with van der Waals surface area (Å²) in [6.45, 7) is 4.28. The molecular weight excluding hydrogens is 206 g/mol. The van der Waals surface area contributed by atoms with Crippen molar-refractivity contribution in [2.45, 2.75) is 19.9 Å². The number of hydrogen-bond acceptors (Lipinski definition) is 1. The maximum Gasteiger partial charge on any atom is 0.0289 e. The number of nitrogens with one attached hydrogen (secondary N) is 1. The summed E-state index contributed by atoms with van der Waals surface area (Å²) in [6.07, 6.45) is 0. The summed E-state index contributed by atoms with van der Waals surface area (Å²) in [5.41, 5.74) is 5.17. The van der Waals surface area contributed by atoms with Crippen LogP contribution in [0.3, 0.4) is 0 Å². The Morgan fingerprint density at radius 1 is 0.824 bits per heavy atom. The van der Waals surface area contributed by atoms with E-state index in [0.717, 1.165) is 0 Å². The smallest absolute Gasteiger partial charge is 0.0289 e. The molecule has 17 heavy (non-hydrogen) atoms. The lowest BCUT2D eigenvalue weighted by Crippen LogP contribution is -2.11. The molecule has 0 aliphatic rings. The molecule has 0 amide bonds. The van der Waals surface area contributed by atoms with Gasteiger partial charge in [0, 0.05) is 6.04 Å². The van der Waals surface area contributed by atoms with Gasteiger partial charge >= 0.3 is 0 Å². The van der Waals surface area contributed by atoms with Gasteiger partial charge in [-0.1, -0.05) is 54.1 Å². The van der Waals surface area contributed by atoms with Crippen LogP contribution in [0.4, 0.5) is 0 Å². The molecule has 0 aliphatic heterocycles. The summed E-state index contributed by atoms with van der Waals surface area (Å²) < 4.78 is 0. The van der Waals surface area contributed by atoms with Gasteiger partial charge in [0.05, 0.1) is 0 Å². The van der Waals surface area contributed by atoms with Crippen molar-refractivity contribution < 1.29 is 0 Å². The van der Waals surface area contributed by atoms with Crippen molar-refractivity contribution in [3.63, 3.8) is 0 Å². The van der Waals surface area contributed by atoms with Crippen LogP contribution in [0.5, 0.6) is 0 Å². The standard InChI is InChI=1S/C16H19N/c1-12-4-6-15(7-5-12)16-10-8-14(9-11-16)13(2)17-3/h4-11,13,17H,1-3H3. The Bertz CT molecular complexity index is 468. The Balaban J connectivity index is 2.26. The molecule has 0 aromatic heterocycles. The zero-order valence-electron chi connectivity index (χ0n) is 10.7. The number of aryl methyl sites for hydroxylation is 1. The molecule has 0 radical (unpaired) electrons. The van der Waals surface area contributed by atoms with E-state index in [1.54, 1.807) is 0 Å². The van der Waals surface area contributed by atoms with E-state index in [1.165, 1.54) is 22.3 Å². The fraction of sp³-hybridized carbons (Fsp3) is 0.250. The normalized spacial score (nSPS) is 12.4. The van der Waals surface area contributed by atoms with Gasteiger partial charge in [-0.05, 0) is 37.6 Å². The van der Waals surface area contributed by atoms with Crippen LogP contribution in [0.15, 0.2) is 48.5 Å². The van der Waals surface area contributed by atoms with Gasteiger partial charge in [0.25, 0.3) is 0 Å². The van der Waals surface area contributed by atoms with Crippen LogP contribution in [0.2, 0.25) is 0 Å². The van der Waals surface area contributed by atoms with E-state index in [2.05, 4.69) is 67.7 Å². The van der Waals surface area contributed by atoms with E-state index in [-0.39, 0.29) is 0 Å². The molecule has 1 unspecified atom stereocenters. The molecule has 2 aromatic rings. The third kappa shape index (κ3) is 2.75. The lowest BCUT2D eigenvalue weighted by atomic mass is 10.0. The fourth-order valence-electron chi connectivity index (χ4n) is 1.88. The summed E-state index contributed by atoms with van der Waals surface area (Å²) in [5, 5.41) is 3.25. The third-order valence-electron chi connectivity index (χ3n) is 3.23. The zero-order valence-corrected chi connectivity index (χ0v) is 10.7. The lowest BCUT2D eigenvalue weighted by molar-refractivity contribution is 0.652. The monoisotopic (exact) mass is 225 g/mol. The predicted molar refractivity (Wildman–Crippen MR) is 74.1 cm³/mol.